The summed E-state index contributed by atoms with van der Waals surface area (Å²) < 4.78 is 6.93. The van der Waals surface area contributed by atoms with Crippen LogP contribution in [0.15, 0.2) is 24.3 Å². The van der Waals surface area contributed by atoms with Crippen LogP contribution in [0, 0.1) is 6.92 Å². The van der Waals surface area contributed by atoms with Crippen molar-refractivity contribution in [3.63, 3.8) is 0 Å². The molecule has 98 valence electrons. The molecule has 6 heteroatoms. The van der Waals surface area contributed by atoms with Gasteiger partial charge in [0.1, 0.15) is 11.5 Å². The molecule has 0 fully saturated rings. The van der Waals surface area contributed by atoms with Gasteiger partial charge >= 0.3 is 0 Å². The van der Waals surface area contributed by atoms with E-state index in [2.05, 4.69) is 15.3 Å². The van der Waals surface area contributed by atoms with Crippen LogP contribution in [0.1, 0.15) is 11.3 Å². The number of ether oxygens (including phenoxy) is 1. The molecule has 0 atom stereocenters. The van der Waals surface area contributed by atoms with Crippen molar-refractivity contribution in [2.45, 2.75) is 13.5 Å². The van der Waals surface area contributed by atoms with E-state index < -0.39 is 0 Å². The zero-order chi connectivity index (χ0) is 13.4. The van der Waals surface area contributed by atoms with Gasteiger partial charge in [0.05, 0.1) is 17.7 Å². The molecule has 0 unspecified atom stereocenters. The largest absolute Gasteiger partial charge is 0.383 e. The van der Waals surface area contributed by atoms with Gasteiger partial charge in [-0.15, -0.1) is 0 Å². The fourth-order valence-electron chi connectivity index (χ4n) is 2.11. The Balaban J connectivity index is 2.21. The van der Waals surface area contributed by atoms with Crippen molar-refractivity contribution in [2.24, 2.45) is 0 Å². The van der Waals surface area contributed by atoms with Crippen molar-refractivity contribution >= 4 is 16.9 Å². The van der Waals surface area contributed by atoms with Gasteiger partial charge in [-0.05, 0) is 19.1 Å². The number of methoxy groups -OCH3 is 1. The lowest BCUT2D eigenvalue weighted by Gasteiger charge is -2.02. The number of aromatic nitrogens is 4. The Hall–Kier alpha value is -2.34. The van der Waals surface area contributed by atoms with Gasteiger partial charge in [0.2, 0.25) is 0 Å². The zero-order valence-electron chi connectivity index (χ0n) is 10.8. The predicted molar refractivity (Wildman–Crippen MR) is 73.1 cm³/mol. The predicted octanol–water partition coefficient (Wildman–Crippen LogP) is 1.79. The molecular formula is C13H15N5O. The highest BCUT2D eigenvalue weighted by molar-refractivity contribution is 5.89. The van der Waals surface area contributed by atoms with Crippen molar-refractivity contribution < 1.29 is 4.74 Å². The highest BCUT2D eigenvalue weighted by Crippen LogP contribution is 2.25. The number of anilines is 1. The first-order valence-electron chi connectivity index (χ1n) is 5.98. The Kier molecular flexibility index (Phi) is 2.72. The van der Waals surface area contributed by atoms with E-state index in [0.717, 1.165) is 16.8 Å². The molecule has 1 aromatic carbocycles. The van der Waals surface area contributed by atoms with Crippen LogP contribution in [0.2, 0.25) is 0 Å². The molecule has 0 amide bonds. The highest BCUT2D eigenvalue weighted by Gasteiger charge is 2.17. The Bertz CT molecular complexity index is 711. The number of nitrogens with one attached hydrogen (secondary N) is 1. The van der Waals surface area contributed by atoms with E-state index >= 15 is 0 Å². The number of benzene rings is 1. The summed E-state index contributed by atoms with van der Waals surface area (Å²) in [6.07, 6.45) is 0. The molecule has 0 aliphatic heterocycles. The maximum Gasteiger partial charge on any atom is 0.186 e. The first-order valence-corrected chi connectivity index (χ1v) is 5.98. The summed E-state index contributed by atoms with van der Waals surface area (Å²) in [5.74, 6) is 0.514. The molecule has 3 N–H and O–H groups in total. The molecular weight excluding hydrogens is 242 g/mol. The molecule has 2 heterocycles. The number of rotatable bonds is 3. The average Bonchev–Trinajstić information content (AvgIpc) is 2.94. The maximum absolute atomic E-state index is 5.90. The third-order valence-corrected chi connectivity index (χ3v) is 3.04. The molecule has 3 aromatic rings. The number of nitrogen functional groups attached to an aromatic ring is 1. The van der Waals surface area contributed by atoms with Gasteiger partial charge in [0, 0.05) is 7.11 Å². The molecule has 0 aliphatic rings. The number of hydrogen-bond acceptors (Lipinski definition) is 4. The first-order chi connectivity index (χ1) is 9.20. The van der Waals surface area contributed by atoms with Gasteiger partial charge in [-0.2, -0.15) is 10.2 Å². The first kappa shape index (κ1) is 11.7. The number of fused-ring (bicyclic) bond motifs is 1. The highest BCUT2D eigenvalue weighted by atomic mass is 16.5. The minimum absolute atomic E-state index is 0.402. The minimum atomic E-state index is 0.402. The molecule has 0 spiro atoms. The third kappa shape index (κ3) is 1.86. The maximum atomic E-state index is 5.90. The molecule has 0 bridgehead atoms. The fraction of sp³-hybridized carbons (Fsp3) is 0.231. The molecule has 19 heavy (non-hydrogen) atoms. The van der Waals surface area contributed by atoms with Gasteiger partial charge < -0.3 is 10.5 Å². The quantitative estimate of drug-likeness (QED) is 0.749. The number of nitrogens with two attached hydrogens (primary N) is 1. The van der Waals surface area contributed by atoms with Crippen LogP contribution in [0.3, 0.4) is 0 Å². The normalized spacial score (nSPS) is 11.3. The SMILES string of the molecule is COCc1nn(-c2ccc(C)cc2)c2n[nH]c(N)c12. The van der Waals surface area contributed by atoms with E-state index in [1.54, 1.807) is 11.8 Å². The molecule has 6 nitrogen and oxygen atoms in total. The van der Waals surface area contributed by atoms with Gasteiger partial charge in [-0.3, -0.25) is 5.10 Å². The molecule has 2 aromatic heterocycles. The summed E-state index contributed by atoms with van der Waals surface area (Å²) in [6.45, 7) is 2.45. The van der Waals surface area contributed by atoms with Gasteiger partial charge in [-0.1, -0.05) is 17.7 Å². The smallest absolute Gasteiger partial charge is 0.186 e. The van der Waals surface area contributed by atoms with E-state index in [4.69, 9.17) is 10.5 Å². The van der Waals surface area contributed by atoms with E-state index in [1.807, 2.05) is 31.2 Å². The van der Waals surface area contributed by atoms with Crippen LogP contribution in [0.25, 0.3) is 16.7 Å². The van der Waals surface area contributed by atoms with Crippen LogP contribution in [-0.2, 0) is 11.3 Å². The van der Waals surface area contributed by atoms with Crippen LogP contribution >= 0.6 is 0 Å². The van der Waals surface area contributed by atoms with Gasteiger partial charge in [0.25, 0.3) is 0 Å². The van der Waals surface area contributed by atoms with Gasteiger partial charge in [0.15, 0.2) is 5.65 Å². The Morgan fingerprint density at radius 2 is 2.05 bits per heavy atom. The molecule has 3 rings (SSSR count). The summed E-state index contributed by atoms with van der Waals surface area (Å²) in [5, 5.41) is 12.4. The number of hydrogen-bond donors (Lipinski definition) is 2. The molecule has 0 radical (unpaired) electrons. The standard InChI is InChI=1S/C13H15N5O/c1-8-3-5-9(6-4-8)18-13-11(12(14)15-16-13)10(17-18)7-19-2/h3-6H,7H2,1-2H3,(H3,14,15,16). The Labute approximate surface area is 110 Å². The number of nitrogens with zero attached hydrogens (tertiary/aromatic N) is 3. The van der Waals surface area contributed by atoms with E-state index in [-0.39, 0.29) is 0 Å². The molecule has 0 saturated carbocycles. The monoisotopic (exact) mass is 257 g/mol. The summed E-state index contributed by atoms with van der Waals surface area (Å²) in [6, 6.07) is 8.08. The number of H-pyrrole nitrogens is 1. The van der Waals surface area contributed by atoms with Crippen molar-refractivity contribution in [3.8, 4) is 5.69 Å². The van der Waals surface area contributed by atoms with Crippen molar-refractivity contribution in [3.05, 3.63) is 35.5 Å². The third-order valence-electron chi connectivity index (χ3n) is 3.04. The lowest BCUT2D eigenvalue weighted by Crippen LogP contribution is -1.99. The van der Waals surface area contributed by atoms with Crippen LogP contribution in [-0.4, -0.2) is 27.1 Å². The zero-order valence-corrected chi connectivity index (χ0v) is 10.8. The van der Waals surface area contributed by atoms with Crippen molar-refractivity contribution in [2.75, 3.05) is 12.8 Å². The Morgan fingerprint density at radius 1 is 1.32 bits per heavy atom. The Morgan fingerprint density at radius 3 is 2.74 bits per heavy atom. The number of aryl methyl sites for hydroxylation is 1. The lowest BCUT2D eigenvalue weighted by atomic mass is 10.2. The summed E-state index contributed by atoms with van der Waals surface area (Å²) >= 11 is 0. The van der Waals surface area contributed by atoms with Crippen LogP contribution < -0.4 is 5.73 Å². The average molecular weight is 257 g/mol. The lowest BCUT2D eigenvalue weighted by molar-refractivity contribution is 0.182. The number of aromatic amines is 1. The molecule has 0 aliphatic carbocycles. The molecule has 0 saturated heterocycles. The summed E-state index contributed by atoms with van der Waals surface area (Å²) in [7, 11) is 1.63. The van der Waals surface area contributed by atoms with Crippen LogP contribution in [0.4, 0.5) is 5.82 Å². The van der Waals surface area contributed by atoms with E-state index in [9.17, 15) is 0 Å². The van der Waals surface area contributed by atoms with Gasteiger partial charge in [-0.25, -0.2) is 4.68 Å². The summed E-state index contributed by atoms with van der Waals surface area (Å²) in [5.41, 5.74) is 9.54. The van der Waals surface area contributed by atoms with Crippen LogP contribution in [0.5, 0.6) is 0 Å². The van der Waals surface area contributed by atoms with E-state index in [0.29, 0.717) is 18.1 Å². The van der Waals surface area contributed by atoms with Crippen molar-refractivity contribution in [1.82, 2.24) is 20.0 Å². The fourth-order valence-corrected chi connectivity index (χ4v) is 2.11. The van der Waals surface area contributed by atoms with E-state index in [1.165, 1.54) is 5.56 Å². The minimum Gasteiger partial charge on any atom is -0.383 e. The second-order valence-corrected chi connectivity index (χ2v) is 4.46. The summed E-state index contributed by atoms with van der Waals surface area (Å²) in [4.78, 5) is 0. The topological polar surface area (TPSA) is 81.8 Å². The second-order valence-electron chi connectivity index (χ2n) is 4.46. The van der Waals surface area contributed by atoms with Crippen molar-refractivity contribution in [1.29, 1.82) is 0 Å². The second kappa shape index (κ2) is 4.40.